The van der Waals surface area contributed by atoms with E-state index in [0.29, 0.717) is 12.3 Å². The Bertz CT molecular complexity index is 153. The molecule has 2 radical (unpaired) electrons. The van der Waals surface area contributed by atoms with E-state index in [1.165, 1.54) is 0 Å². The van der Waals surface area contributed by atoms with Gasteiger partial charge in [-0.2, -0.15) is 0 Å². The van der Waals surface area contributed by atoms with Crippen LogP contribution in [0.1, 0.15) is 12.8 Å². The van der Waals surface area contributed by atoms with Crippen LogP contribution in [0.5, 0.6) is 0 Å². The van der Waals surface area contributed by atoms with Crippen LogP contribution in [-0.2, 0) is 4.74 Å². The third-order valence-corrected chi connectivity index (χ3v) is 1.97. The van der Waals surface area contributed by atoms with Gasteiger partial charge in [0.25, 0.3) is 0 Å². The van der Waals surface area contributed by atoms with Gasteiger partial charge in [-0.15, -0.1) is 0 Å². The van der Waals surface area contributed by atoms with E-state index < -0.39 is 6.29 Å². The lowest BCUT2D eigenvalue weighted by Gasteiger charge is -2.28. The van der Waals surface area contributed by atoms with Gasteiger partial charge in [0.2, 0.25) is 0 Å². The quantitative estimate of drug-likeness (QED) is 0.500. The third kappa shape index (κ3) is 0.976. The maximum absolute atomic E-state index is 9.04. The standard InChI is InChI=1S/C8H10O2/c9-8-5-4-6-2-1-3-7(6)10-8/h1-2,6-9H,3,5H2. The van der Waals surface area contributed by atoms with Crippen LogP contribution in [0.2, 0.25) is 0 Å². The molecule has 1 aliphatic carbocycles. The smallest absolute Gasteiger partial charge is 0.155 e. The average Bonchev–Trinajstić information content (AvgIpc) is 2.33. The highest BCUT2D eigenvalue weighted by atomic mass is 16.6. The normalized spacial score (nSPS) is 45.5. The lowest BCUT2D eigenvalue weighted by Crippen LogP contribution is -2.31. The molecule has 2 heteroatoms. The largest absolute Gasteiger partial charge is 0.368 e. The van der Waals surface area contributed by atoms with Crippen LogP contribution in [-0.4, -0.2) is 17.5 Å². The Morgan fingerprint density at radius 3 is 3.40 bits per heavy atom. The summed E-state index contributed by atoms with van der Waals surface area (Å²) < 4.78 is 5.24. The second-order valence-corrected chi connectivity index (χ2v) is 2.73. The van der Waals surface area contributed by atoms with Crippen molar-refractivity contribution < 1.29 is 9.84 Å². The van der Waals surface area contributed by atoms with Gasteiger partial charge < -0.3 is 9.84 Å². The lowest BCUT2D eigenvalue weighted by atomic mass is 9.97. The molecule has 0 saturated carbocycles. The second-order valence-electron chi connectivity index (χ2n) is 2.73. The second kappa shape index (κ2) is 2.36. The summed E-state index contributed by atoms with van der Waals surface area (Å²) in [4.78, 5) is 0. The summed E-state index contributed by atoms with van der Waals surface area (Å²) in [6.07, 6.45) is 8.38. The van der Waals surface area contributed by atoms with Gasteiger partial charge in [0.15, 0.2) is 6.29 Å². The molecule has 0 aromatic heterocycles. The molecule has 0 spiro atoms. The molecule has 1 saturated heterocycles. The molecule has 3 unspecified atom stereocenters. The van der Waals surface area contributed by atoms with E-state index >= 15 is 0 Å². The molecule has 3 atom stereocenters. The monoisotopic (exact) mass is 138 g/mol. The Kier molecular flexibility index (Phi) is 1.51. The van der Waals surface area contributed by atoms with Crippen LogP contribution in [0.4, 0.5) is 0 Å². The SMILES string of the molecule is OC1C[C]C2C=CCC2O1. The molecule has 0 bridgehead atoms. The van der Waals surface area contributed by atoms with E-state index in [1.54, 1.807) is 0 Å². The first-order chi connectivity index (χ1) is 4.86. The highest BCUT2D eigenvalue weighted by Gasteiger charge is 2.30. The van der Waals surface area contributed by atoms with Gasteiger partial charge >= 0.3 is 0 Å². The van der Waals surface area contributed by atoms with Crippen molar-refractivity contribution >= 4 is 0 Å². The average molecular weight is 138 g/mol. The van der Waals surface area contributed by atoms with Crippen molar-refractivity contribution in [2.75, 3.05) is 0 Å². The summed E-state index contributed by atoms with van der Waals surface area (Å²) in [6, 6.07) is 0. The first-order valence-corrected chi connectivity index (χ1v) is 3.60. The molecule has 0 amide bonds. The molecular weight excluding hydrogens is 128 g/mol. The maximum Gasteiger partial charge on any atom is 0.155 e. The van der Waals surface area contributed by atoms with Crippen molar-refractivity contribution in [3.8, 4) is 0 Å². The number of aliphatic hydroxyl groups is 1. The van der Waals surface area contributed by atoms with Gasteiger partial charge in [0.1, 0.15) is 0 Å². The molecule has 2 rings (SSSR count). The molecule has 1 fully saturated rings. The van der Waals surface area contributed by atoms with E-state index in [4.69, 9.17) is 9.84 Å². The minimum Gasteiger partial charge on any atom is -0.368 e. The molecular formula is C8H10O2. The fourth-order valence-electron chi connectivity index (χ4n) is 1.46. The Morgan fingerprint density at radius 2 is 2.50 bits per heavy atom. The maximum atomic E-state index is 9.04. The van der Waals surface area contributed by atoms with Crippen LogP contribution in [0, 0.1) is 12.3 Å². The van der Waals surface area contributed by atoms with E-state index in [9.17, 15) is 0 Å². The Labute approximate surface area is 60.5 Å². The predicted octanol–water partition coefficient (Wildman–Crippen LogP) is 0.751. The first-order valence-electron chi connectivity index (χ1n) is 3.60. The summed E-state index contributed by atoms with van der Waals surface area (Å²) in [7, 11) is 0. The number of hydrogen-bond acceptors (Lipinski definition) is 2. The molecule has 0 aromatic carbocycles. The lowest BCUT2D eigenvalue weighted by molar-refractivity contribution is -0.157. The zero-order valence-electron chi connectivity index (χ0n) is 5.66. The highest BCUT2D eigenvalue weighted by molar-refractivity contribution is 5.09. The molecule has 1 aliphatic heterocycles. The minimum absolute atomic E-state index is 0.170. The van der Waals surface area contributed by atoms with Gasteiger partial charge in [-0.3, -0.25) is 0 Å². The molecule has 2 aliphatic rings. The molecule has 1 N–H and O–H groups in total. The summed E-state index contributed by atoms with van der Waals surface area (Å²) in [5.74, 6) is 0.336. The van der Waals surface area contributed by atoms with Crippen LogP contribution < -0.4 is 0 Å². The summed E-state index contributed by atoms with van der Waals surface area (Å²) in [6.45, 7) is 0. The number of ether oxygens (including phenoxy) is 1. The van der Waals surface area contributed by atoms with Crippen molar-refractivity contribution in [2.45, 2.75) is 25.2 Å². The van der Waals surface area contributed by atoms with Gasteiger partial charge in [0.05, 0.1) is 6.10 Å². The van der Waals surface area contributed by atoms with Crippen molar-refractivity contribution in [3.05, 3.63) is 18.6 Å². The summed E-state index contributed by atoms with van der Waals surface area (Å²) >= 11 is 0. The number of rotatable bonds is 0. The zero-order valence-corrected chi connectivity index (χ0v) is 5.66. The fraction of sp³-hybridized carbons (Fsp3) is 0.625. The van der Waals surface area contributed by atoms with Gasteiger partial charge in [-0.05, 0) is 12.8 Å². The Morgan fingerprint density at radius 1 is 1.60 bits per heavy atom. The van der Waals surface area contributed by atoms with E-state index in [-0.39, 0.29) is 6.10 Å². The van der Waals surface area contributed by atoms with Crippen molar-refractivity contribution in [3.63, 3.8) is 0 Å². The Hall–Kier alpha value is -0.340. The van der Waals surface area contributed by atoms with Crippen LogP contribution in [0.25, 0.3) is 0 Å². The number of aliphatic hydroxyl groups excluding tert-OH is 1. The molecule has 2 nitrogen and oxygen atoms in total. The highest BCUT2D eigenvalue weighted by Crippen LogP contribution is 2.30. The first kappa shape index (κ1) is 6.38. The molecule has 54 valence electrons. The van der Waals surface area contributed by atoms with Gasteiger partial charge in [-0.1, -0.05) is 12.2 Å². The topological polar surface area (TPSA) is 29.5 Å². The Balaban J connectivity index is 2.01. The predicted molar refractivity (Wildman–Crippen MR) is 36.0 cm³/mol. The van der Waals surface area contributed by atoms with Crippen molar-refractivity contribution in [1.82, 2.24) is 0 Å². The number of fused-ring (bicyclic) bond motifs is 1. The van der Waals surface area contributed by atoms with E-state index in [2.05, 4.69) is 18.6 Å². The van der Waals surface area contributed by atoms with E-state index in [1.807, 2.05) is 0 Å². The van der Waals surface area contributed by atoms with Crippen molar-refractivity contribution in [2.24, 2.45) is 5.92 Å². The van der Waals surface area contributed by atoms with E-state index in [0.717, 1.165) is 6.42 Å². The van der Waals surface area contributed by atoms with Crippen molar-refractivity contribution in [1.29, 1.82) is 0 Å². The number of hydrogen-bond donors (Lipinski definition) is 1. The zero-order chi connectivity index (χ0) is 6.97. The molecule has 0 aromatic rings. The van der Waals surface area contributed by atoms with Gasteiger partial charge in [-0.25, -0.2) is 0 Å². The summed E-state index contributed by atoms with van der Waals surface area (Å²) in [5, 5.41) is 9.04. The molecule has 1 heterocycles. The molecule has 10 heavy (non-hydrogen) atoms. The van der Waals surface area contributed by atoms with Crippen LogP contribution in [0.3, 0.4) is 0 Å². The third-order valence-electron chi connectivity index (χ3n) is 1.97. The van der Waals surface area contributed by atoms with Gasteiger partial charge in [0, 0.05) is 12.3 Å². The van der Waals surface area contributed by atoms with Crippen LogP contribution in [0.15, 0.2) is 12.2 Å². The summed E-state index contributed by atoms with van der Waals surface area (Å²) in [5.41, 5.74) is 0. The fourth-order valence-corrected chi connectivity index (χ4v) is 1.46. The van der Waals surface area contributed by atoms with Crippen LogP contribution >= 0.6 is 0 Å². The minimum atomic E-state index is -0.610.